The molecule has 5 rings (SSSR count). The van der Waals surface area contributed by atoms with Crippen LogP contribution >= 0.6 is 0 Å². The average molecular weight is 467 g/mol. The maximum absolute atomic E-state index is 12.6. The Labute approximate surface area is 194 Å². The number of carboxylic acid groups (broad SMARTS) is 1. The second kappa shape index (κ2) is 8.26. The highest BCUT2D eigenvalue weighted by Gasteiger charge is 2.60. The molecule has 186 valence electrons. The van der Waals surface area contributed by atoms with E-state index in [-0.39, 0.29) is 16.9 Å². The normalized spacial score (nSPS) is 54.3. The van der Waals surface area contributed by atoms with Crippen LogP contribution < -0.4 is 0 Å². The summed E-state index contributed by atoms with van der Waals surface area (Å²) in [6.45, 7) is 4.62. The van der Waals surface area contributed by atoms with Gasteiger partial charge in [-0.25, -0.2) is 4.79 Å². The molecule has 1 heterocycles. The van der Waals surface area contributed by atoms with Crippen LogP contribution in [0.4, 0.5) is 0 Å². The molecule has 0 aromatic carbocycles. The molecule has 0 unspecified atom stereocenters. The van der Waals surface area contributed by atoms with Gasteiger partial charge in [0.1, 0.15) is 24.1 Å². The first-order chi connectivity index (χ1) is 15.6. The zero-order valence-electron chi connectivity index (χ0n) is 19.6. The van der Waals surface area contributed by atoms with E-state index in [9.17, 15) is 30.0 Å². The molecule has 0 amide bonds. The summed E-state index contributed by atoms with van der Waals surface area (Å²) in [6, 6.07) is 0. The van der Waals surface area contributed by atoms with Crippen LogP contribution in [0, 0.1) is 34.5 Å². The summed E-state index contributed by atoms with van der Waals surface area (Å²) in [5, 5.41) is 39.6. The topological polar surface area (TPSA) is 134 Å². The maximum Gasteiger partial charge on any atom is 0.335 e. The number of carboxylic acids is 1. The van der Waals surface area contributed by atoms with Crippen LogP contribution in [0.15, 0.2) is 0 Å². The number of hydrogen-bond acceptors (Lipinski definition) is 7. The number of carbonyl (C=O) groups excluding carboxylic acids is 1. The molecule has 0 bridgehead atoms. The number of ether oxygens (including phenoxy) is 2. The third kappa shape index (κ3) is 3.59. The molecule has 4 N–H and O–H groups in total. The minimum Gasteiger partial charge on any atom is -0.479 e. The summed E-state index contributed by atoms with van der Waals surface area (Å²) in [5.41, 5.74) is 0.0757. The number of ketones is 1. The Morgan fingerprint density at radius 2 is 1.73 bits per heavy atom. The number of Topliss-reactive ketones (excluding diaryl/α,β-unsaturated/α-hetero) is 1. The maximum atomic E-state index is 12.6. The van der Waals surface area contributed by atoms with E-state index in [1.54, 1.807) is 0 Å². The van der Waals surface area contributed by atoms with Crippen molar-refractivity contribution in [2.45, 2.75) is 108 Å². The monoisotopic (exact) mass is 466 g/mol. The Kier molecular flexibility index (Phi) is 5.93. The molecule has 8 nitrogen and oxygen atoms in total. The second-order valence-corrected chi connectivity index (χ2v) is 11.8. The summed E-state index contributed by atoms with van der Waals surface area (Å²) in [4.78, 5) is 24.0. The van der Waals surface area contributed by atoms with Crippen molar-refractivity contribution in [1.82, 2.24) is 0 Å². The van der Waals surface area contributed by atoms with Gasteiger partial charge in [0.15, 0.2) is 12.4 Å². The number of aliphatic carboxylic acids is 1. The number of fused-ring (bicyclic) bond motifs is 5. The molecule has 0 aromatic heterocycles. The van der Waals surface area contributed by atoms with Gasteiger partial charge in [0.25, 0.3) is 0 Å². The largest absolute Gasteiger partial charge is 0.479 e. The Morgan fingerprint density at radius 3 is 2.45 bits per heavy atom. The second-order valence-electron chi connectivity index (χ2n) is 11.8. The van der Waals surface area contributed by atoms with Crippen LogP contribution in [0.5, 0.6) is 0 Å². The van der Waals surface area contributed by atoms with Crippen molar-refractivity contribution in [3.63, 3.8) is 0 Å². The molecule has 0 aromatic rings. The fourth-order valence-corrected chi connectivity index (χ4v) is 8.47. The van der Waals surface area contributed by atoms with E-state index < -0.39 is 36.7 Å². The first-order valence-corrected chi connectivity index (χ1v) is 12.7. The third-order valence-electron chi connectivity index (χ3n) is 10.5. The van der Waals surface area contributed by atoms with Gasteiger partial charge in [0, 0.05) is 11.8 Å². The highest BCUT2D eigenvalue weighted by molar-refractivity contribution is 5.87. The molecule has 12 atom stereocenters. The van der Waals surface area contributed by atoms with Gasteiger partial charge < -0.3 is 29.9 Å². The third-order valence-corrected chi connectivity index (χ3v) is 10.5. The van der Waals surface area contributed by atoms with Gasteiger partial charge in [-0.15, -0.1) is 0 Å². The van der Waals surface area contributed by atoms with Gasteiger partial charge in [0.05, 0.1) is 6.10 Å². The van der Waals surface area contributed by atoms with Gasteiger partial charge >= 0.3 is 5.97 Å². The van der Waals surface area contributed by atoms with Gasteiger partial charge in [-0.1, -0.05) is 13.8 Å². The molecule has 5 fully saturated rings. The van der Waals surface area contributed by atoms with Gasteiger partial charge in [-0.3, -0.25) is 4.79 Å². The zero-order valence-corrected chi connectivity index (χ0v) is 19.6. The number of aliphatic hydroxyl groups is 3. The lowest BCUT2D eigenvalue weighted by Crippen LogP contribution is -2.61. The Morgan fingerprint density at radius 1 is 0.970 bits per heavy atom. The predicted molar refractivity (Wildman–Crippen MR) is 116 cm³/mol. The fourth-order valence-electron chi connectivity index (χ4n) is 8.47. The summed E-state index contributed by atoms with van der Waals surface area (Å²) >= 11 is 0. The summed E-state index contributed by atoms with van der Waals surface area (Å²) < 4.78 is 11.4. The molecule has 4 saturated carbocycles. The lowest BCUT2D eigenvalue weighted by molar-refractivity contribution is -0.309. The summed E-state index contributed by atoms with van der Waals surface area (Å²) in [6.07, 6.45) is 0.719. The number of hydrogen-bond donors (Lipinski definition) is 4. The first-order valence-electron chi connectivity index (χ1n) is 12.7. The van der Waals surface area contributed by atoms with E-state index in [0.29, 0.717) is 29.5 Å². The van der Waals surface area contributed by atoms with Crippen LogP contribution in [-0.2, 0) is 19.1 Å². The van der Waals surface area contributed by atoms with Crippen molar-refractivity contribution in [3.05, 3.63) is 0 Å². The van der Waals surface area contributed by atoms with E-state index in [1.165, 1.54) is 0 Å². The molecule has 0 radical (unpaired) electrons. The predicted octanol–water partition coefficient (Wildman–Crippen LogP) is 1.88. The van der Waals surface area contributed by atoms with E-state index in [0.717, 1.165) is 57.8 Å². The zero-order chi connectivity index (χ0) is 23.7. The average Bonchev–Trinajstić information content (AvgIpc) is 3.08. The van der Waals surface area contributed by atoms with Crippen molar-refractivity contribution >= 4 is 11.8 Å². The van der Waals surface area contributed by atoms with E-state index in [2.05, 4.69) is 13.8 Å². The lowest BCUT2D eigenvalue weighted by atomic mass is 9.45. The van der Waals surface area contributed by atoms with Crippen molar-refractivity contribution in [2.24, 2.45) is 34.5 Å². The van der Waals surface area contributed by atoms with Gasteiger partial charge in [-0.05, 0) is 80.5 Å². The van der Waals surface area contributed by atoms with Crippen LogP contribution in [-0.4, -0.2) is 69.0 Å². The van der Waals surface area contributed by atoms with Gasteiger partial charge in [-0.2, -0.15) is 0 Å². The van der Waals surface area contributed by atoms with Crippen molar-refractivity contribution in [1.29, 1.82) is 0 Å². The molecular formula is C25H38O8. The van der Waals surface area contributed by atoms with Crippen LogP contribution in [0.2, 0.25) is 0 Å². The molecule has 33 heavy (non-hydrogen) atoms. The molecular weight excluding hydrogens is 428 g/mol. The molecule has 1 saturated heterocycles. The molecule has 4 aliphatic carbocycles. The summed E-state index contributed by atoms with van der Waals surface area (Å²) in [7, 11) is 0. The van der Waals surface area contributed by atoms with Crippen molar-refractivity contribution in [3.8, 4) is 0 Å². The number of carbonyl (C=O) groups is 2. The number of rotatable bonds is 3. The lowest BCUT2D eigenvalue weighted by Gasteiger charge is -2.60. The minimum atomic E-state index is -1.71. The van der Waals surface area contributed by atoms with Gasteiger partial charge in [0.2, 0.25) is 0 Å². The Bertz CT molecular complexity index is 801. The highest BCUT2D eigenvalue weighted by Crippen LogP contribution is 2.65. The Balaban J connectivity index is 1.26. The minimum absolute atomic E-state index is 0.120. The van der Waals surface area contributed by atoms with Crippen LogP contribution in [0.25, 0.3) is 0 Å². The summed E-state index contributed by atoms with van der Waals surface area (Å²) in [5.74, 6) is 1.28. The van der Waals surface area contributed by atoms with Crippen molar-refractivity contribution in [2.75, 3.05) is 0 Å². The first kappa shape index (κ1) is 23.7. The Hall–Kier alpha value is -1.06. The van der Waals surface area contributed by atoms with Crippen LogP contribution in [0.1, 0.15) is 71.6 Å². The van der Waals surface area contributed by atoms with Crippen LogP contribution in [0.3, 0.4) is 0 Å². The van der Waals surface area contributed by atoms with Crippen molar-refractivity contribution < 1.29 is 39.5 Å². The molecule has 1 aliphatic heterocycles. The molecule has 0 spiro atoms. The molecule has 8 heteroatoms. The SMILES string of the molecule is C[C@]12CC[C@@H](O[C@@H]3O[C@H](C(=O)O)[C@@H](O)[C@H](O)[C@H]3O)C[C@@H]1CC[C@@H]1[C@@H]2CC[C@]2(C)C(=O)CC[C@@H]12. The fraction of sp³-hybridized carbons (Fsp3) is 0.920. The van der Waals surface area contributed by atoms with E-state index >= 15 is 0 Å². The van der Waals surface area contributed by atoms with E-state index in [1.807, 2.05) is 0 Å². The number of aliphatic hydroxyl groups excluding tert-OH is 3. The quantitative estimate of drug-likeness (QED) is 0.463. The highest BCUT2D eigenvalue weighted by atomic mass is 16.7. The smallest absolute Gasteiger partial charge is 0.335 e. The van der Waals surface area contributed by atoms with E-state index in [4.69, 9.17) is 9.47 Å². The standard InChI is InChI=1S/C25H38O8/c1-24-9-7-13(32-23-20(29)18(27)19(28)21(33-23)22(30)31)11-12(24)3-4-14-15-5-6-17(26)25(15,2)10-8-16(14)24/h12-16,18-21,23,27-29H,3-11H2,1-2H3,(H,30,31)/t12-,13+,14-,15-,16-,18-,19-,20+,21-,23+,24-,25-/m0/s1. The molecule has 5 aliphatic rings.